The lowest BCUT2D eigenvalue weighted by Gasteiger charge is -1.99. The number of hydrazone groups is 1. The molecule has 3 nitrogen and oxygen atoms in total. The van der Waals surface area contributed by atoms with Gasteiger partial charge in [-0.3, -0.25) is 0 Å². The van der Waals surface area contributed by atoms with E-state index < -0.39 is 0 Å². The van der Waals surface area contributed by atoms with Gasteiger partial charge in [0.2, 0.25) is 0 Å². The van der Waals surface area contributed by atoms with Crippen molar-refractivity contribution >= 4 is 17.0 Å². The van der Waals surface area contributed by atoms with Crippen LogP contribution in [-0.2, 0) is 0 Å². The van der Waals surface area contributed by atoms with E-state index in [1.165, 1.54) is 17.7 Å². The summed E-state index contributed by atoms with van der Waals surface area (Å²) in [4.78, 5) is 5.38. The average molecular weight is 195 g/mol. The zero-order chi connectivity index (χ0) is 9.26. The minimum Gasteiger partial charge on any atom is -0.307 e. The summed E-state index contributed by atoms with van der Waals surface area (Å²) >= 11 is 1.65. The van der Waals surface area contributed by atoms with Crippen molar-refractivity contribution in [1.82, 2.24) is 10.4 Å². The Labute approximate surface area is 81.9 Å². The maximum absolute atomic E-state index is 4.33. The van der Waals surface area contributed by atoms with Gasteiger partial charge in [-0.15, -0.1) is 11.3 Å². The number of aryl methyl sites for hydroxylation is 1. The highest BCUT2D eigenvalue weighted by molar-refractivity contribution is 7.12. The second kappa shape index (κ2) is 3.46. The Morgan fingerprint density at radius 1 is 1.69 bits per heavy atom. The van der Waals surface area contributed by atoms with Gasteiger partial charge in [-0.05, 0) is 26.7 Å². The third-order valence-electron chi connectivity index (χ3n) is 2.07. The molecule has 1 heterocycles. The molecule has 70 valence electrons. The molecule has 1 saturated carbocycles. The number of nitrogens with one attached hydrogen (secondary N) is 1. The number of hydrogen-bond acceptors (Lipinski definition) is 4. The molecule has 0 amide bonds. The van der Waals surface area contributed by atoms with Crippen LogP contribution in [0.2, 0.25) is 0 Å². The van der Waals surface area contributed by atoms with Crippen molar-refractivity contribution in [3.05, 3.63) is 16.1 Å². The quantitative estimate of drug-likeness (QED) is 0.591. The Hall–Kier alpha value is -0.900. The van der Waals surface area contributed by atoms with E-state index in [9.17, 15) is 0 Å². The van der Waals surface area contributed by atoms with Gasteiger partial charge in [0.05, 0.1) is 21.8 Å². The van der Waals surface area contributed by atoms with Gasteiger partial charge in [0.1, 0.15) is 0 Å². The normalized spacial score (nSPS) is 17.5. The molecular formula is C9H13N3S. The SMILES string of the molecule is C/C(=N\NC1CC1)c1scnc1C. The largest absolute Gasteiger partial charge is 0.307 e. The minimum atomic E-state index is 0.628. The number of hydrogen-bond donors (Lipinski definition) is 1. The van der Waals surface area contributed by atoms with Crippen LogP contribution in [0.3, 0.4) is 0 Å². The molecule has 0 aromatic carbocycles. The fourth-order valence-corrected chi connectivity index (χ4v) is 1.86. The van der Waals surface area contributed by atoms with Crippen molar-refractivity contribution in [3.63, 3.8) is 0 Å². The highest BCUT2D eigenvalue weighted by atomic mass is 32.1. The number of rotatable bonds is 3. The van der Waals surface area contributed by atoms with Crippen LogP contribution >= 0.6 is 11.3 Å². The van der Waals surface area contributed by atoms with Crippen LogP contribution in [0.1, 0.15) is 30.3 Å². The van der Waals surface area contributed by atoms with E-state index in [0.29, 0.717) is 6.04 Å². The average Bonchev–Trinajstić information content (AvgIpc) is 2.84. The van der Waals surface area contributed by atoms with Crippen molar-refractivity contribution in [3.8, 4) is 0 Å². The van der Waals surface area contributed by atoms with E-state index in [-0.39, 0.29) is 0 Å². The Morgan fingerprint density at radius 2 is 2.46 bits per heavy atom. The van der Waals surface area contributed by atoms with Gasteiger partial charge in [0, 0.05) is 6.04 Å². The van der Waals surface area contributed by atoms with E-state index in [0.717, 1.165) is 11.4 Å². The van der Waals surface area contributed by atoms with E-state index in [4.69, 9.17) is 0 Å². The summed E-state index contributed by atoms with van der Waals surface area (Å²) in [6.45, 7) is 4.04. The lowest BCUT2D eigenvalue weighted by molar-refractivity contribution is 0.737. The van der Waals surface area contributed by atoms with Crippen molar-refractivity contribution in [2.24, 2.45) is 5.10 Å². The molecule has 0 spiro atoms. The van der Waals surface area contributed by atoms with Crippen LogP contribution in [-0.4, -0.2) is 16.7 Å². The summed E-state index contributed by atoms with van der Waals surface area (Å²) in [6.07, 6.45) is 2.52. The Kier molecular flexibility index (Phi) is 2.31. The van der Waals surface area contributed by atoms with E-state index in [1.54, 1.807) is 11.3 Å². The molecule has 0 bridgehead atoms. The summed E-state index contributed by atoms with van der Waals surface area (Å²) in [5.74, 6) is 0. The molecule has 0 atom stereocenters. The Balaban J connectivity index is 2.06. The van der Waals surface area contributed by atoms with Gasteiger partial charge in [0.25, 0.3) is 0 Å². The first kappa shape index (κ1) is 8.69. The van der Waals surface area contributed by atoms with Crippen LogP contribution in [0, 0.1) is 6.92 Å². The smallest absolute Gasteiger partial charge is 0.0801 e. The van der Waals surface area contributed by atoms with E-state index in [2.05, 4.69) is 15.5 Å². The second-order valence-corrected chi connectivity index (χ2v) is 4.22. The molecule has 1 aliphatic rings. The number of nitrogens with zero attached hydrogens (tertiary/aromatic N) is 2. The standard InChI is InChI=1S/C9H13N3S/c1-6-9(13-5-10-6)7(2)11-12-8-3-4-8/h5,8,12H,3-4H2,1-2H3/b11-7+. The maximum Gasteiger partial charge on any atom is 0.0801 e. The summed E-state index contributed by atoms with van der Waals surface area (Å²) in [5.41, 5.74) is 7.12. The van der Waals surface area contributed by atoms with Crippen molar-refractivity contribution in [2.45, 2.75) is 32.7 Å². The molecule has 13 heavy (non-hydrogen) atoms. The molecule has 1 N–H and O–H groups in total. The molecule has 4 heteroatoms. The molecule has 0 radical (unpaired) electrons. The lowest BCUT2D eigenvalue weighted by atomic mass is 10.3. The molecule has 1 aliphatic carbocycles. The van der Waals surface area contributed by atoms with E-state index >= 15 is 0 Å². The molecule has 1 aromatic rings. The molecule has 0 aliphatic heterocycles. The molecule has 0 saturated heterocycles. The fraction of sp³-hybridized carbons (Fsp3) is 0.556. The highest BCUT2D eigenvalue weighted by Crippen LogP contribution is 2.19. The summed E-state index contributed by atoms with van der Waals surface area (Å²) in [6, 6.07) is 0.628. The van der Waals surface area contributed by atoms with Crippen LogP contribution in [0.4, 0.5) is 0 Å². The predicted octanol–water partition coefficient (Wildman–Crippen LogP) is 1.93. The first-order valence-corrected chi connectivity index (χ1v) is 5.35. The van der Waals surface area contributed by atoms with Crippen molar-refractivity contribution in [1.29, 1.82) is 0 Å². The first-order valence-electron chi connectivity index (χ1n) is 4.47. The zero-order valence-corrected chi connectivity index (χ0v) is 8.69. The summed E-state index contributed by atoms with van der Waals surface area (Å²) in [7, 11) is 0. The zero-order valence-electron chi connectivity index (χ0n) is 7.87. The van der Waals surface area contributed by atoms with Crippen molar-refractivity contribution < 1.29 is 0 Å². The first-order chi connectivity index (χ1) is 6.27. The lowest BCUT2D eigenvalue weighted by Crippen LogP contribution is -2.11. The van der Waals surface area contributed by atoms with Crippen LogP contribution < -0.4 is 5.43 Å². The molecule has 1 aromatic heterocycles. The summed E-state index contributed by atoms with van der Waals surface area (Å²) in [5, 5.41) is 4.33. The third kappa shape index (κ3) is 2.06. The fourth-order valence-electron chi connectivity index (χ4n) is 1.10. The molecule has 1 fully saturated rings. The van der Waals surface area contributed by atoms with Gasteiger partial charge in [-0.25, -0.2) is 4.98 Å². The van der Waals surface area contributed by atoms with Gasteiger partial charge in [-0.1, -0.05) is 0 Å². The van der Waals surface area contributed by atoms with Gasteiger partial charge in [-0.2, -0.15) is 5.10 Å². The molecular weight excluding hydrogens is 182 g/mol. The number of aromatic nitrogens is 1. The van der Waals surface area contributed by atoms with Crippen LogP contribution in [0.5, 0.6) is 0 Å². The predicted molar refractivity (Wildman–Crippen MR) is 55.2 cm³/mol. The van der Waals surface area contributed by atoms with Gasteiger partial charge >= 0.3 is 0 Å². The van der Waals surface area contributed by atoms with Gasteiger partial charge in [0.15, 0.2) is 0 Å². The third-order valence-corrected chi connectivity index (χ3v) is 3.10. The Bertz CT molecular complexity index is 325. The monoisotopic (exact) mass is 195 g/mol. The van der Waals surface area contributed by atoms with Crippen molar-refractivity contribution in [2.75, 3.05) is 0 Å². The van der Waals surface area contributed by atoms with E-state index in [1.807, 2.05) is 19.4 Å². The highest BCUT2D eigenvalue weighted by Gasteiger charge is 2.20. The topological polar surface area (TPSA) is 37.3 Å². The van der Waals surface area contributed by atoms with Gasteiger partial charge < -0.3 is 5.43 Å². The Morgan fingerprint density at radius 3 is 3.00 bits per heavy atom. The second-order valence-electron chi connectivity index (χ2n) is 3.37. The minimum absolute atomic E-state index is 0.628. The van der Waals surface area contributed by atoms with Crippen LogP contribution in [0.15, 0.2) is 10.6 Å². The molecule has 2 rings (SSSR count). The molecule has 0 unspecified atom stereocenters. The number of thiazole rings is 1. The maximum atomic E-state index is 4.33. The summed E-state index contributed by atoms with van der Waals surface area (Å²) < 4.78 is 0. The van der Waals surface area contributed by atoms with Crippen LogP contribution in [0.25, 0.3) is 0 Å².